The number of carbonyl (C=O) groups excluding carboxylic acids is 1. The Morgan fingerprint density at radius 1 is 1.21 bits per heavy atom. The van der Waals surface area contributed by atoms with Crippen molar-refractivity contribution in [3.8, 4) is 5.75 Å². The fourth-order valence-electron chi connectivity index (χ4n) is 2.07. The van der Waals surface area contributed by atoms with Crippen LogP contribution in [0.4, 0.5) is 0 Å². The zero-order chi connectivity index (χ0) is 14.3. The summed E-state index contributed by atoms with van der Waals surface area (Å²) in [5, 5.41) is 9.27. The highest BCUT2D eigenvalue weighted by Gasteiger charge is 2.16. The Morgan fingerprint density at radius 2 is 1.84 bits per heavy atom. The van der Waals surface area contributed by atoms with E-state index in [0.29, 0.717) is 6.42 Å². The number of hydrogen-bond acceptors (Lipinski definition) is 2. The number of unbranched alkanes of at least 4 members (excludes halogenated alkanes) is 3. The lowest BCUT2D eigenvalue weighted by Gasteiger charge is -2.25. The van der Waals surface area contributed by atoms with Crippen LogP contribution in [0, 0.1) is 0 Å². The molecule has 0 aliphatic heterocycles. The van der Waals surface area contributed by atoms with Crippen molar-refractivity contribution in [2.75, 3.05) is 7.05 Å². The maximum absolute atomic E-state index is 12.1. The summed E-state index contributed by atoms with van der Waals surface area (Å²) < 4.78 is 0. The van der Waals surface area contributed by atoms with Gasteiger partial charge >= 0.3 is 0 Å². The molecule has 0 aliphatic carbocycles. The zero-order valence-electron chi connectivity index (χ0n) is 12.2. The topological polar surface area (TPSA) is 40.5 Å². The number of aromatic hydroxyl groups is 1. The Hall–Kier alpha value is -1.51. The maximum atomic E-state index is 12.1. The first-order valence-corrected chi connectivity index (χ1v) is 7.10. The normalized spacial score (nSPS) is 12.2. The van der Waals surface area contributed by atoms with Crippen LogP contribution < -0.4 is 0 Å². The molecular formula is C16H25NO2. The third kappa shape index (κ3) is 4.93. The third-order valence-corrected chi connectivity index (χ3v) is 3.59. The number of phenols is 1. The van der Waals surface area contributed by atoms with E-state index in [1.807, 2.05) is 26.1 Å². The van der Waals surface area contributed by atoms with E-state index in [-0.39, 0.29) is 17.7 Å². The van der Waals surface area contributed by atoms with Gasteiger partial charge in [-0.3, -0.25) is 4.79 Å². The largest absolute Gasteiger partial charge is 0.508 e. The Labute approximate surface area is 116 Å². The van der Waals surface area contributed by atoms with Crippen LogP contribution in [0.15, 0.2) is 24.3 Å². The average molecular weight is 263 g/mol. The standard InChI is InChI=1S/C16H25NO2/c1-4-5-6-7-8-16(19)17(3)13(2)14-9-11-15(18)12-10-14/h9-13,18H,4-8H2,1-3H3. The molecule has 1 unspecified atom stereocenters. The van der Waals surface area contributed by atoms with Gasteiger partial charge in [-0.25, -0.2) is 0 Å². The summed E-state index contributed by atoms with van der Waals surface area (Å²) >= 11 is 0. The van der Waals surface area contributed by atoms with Gasteiger partial charge in [0.2, 0.25) is 5.91 Å². The second-order valence-corrected chi connectivity index (χ2v) is 5.08. The van der Waals surface area contributed by atoms with Crippen LogP contribution in [-0.2, 0) is 4.79 Å². The summed E-state index contributed by atoms with van der Waals surface area (Å²) in [5.41, 5.74) is 1.04. The molecule has 1 amide bonds. The molecule has 3 nitrogen and oxygen atoms in total. The molecule has 0 spiro atoms. The smallest absolute Gasteiger partial charge is 0.222 e. The van der Waals surface area contributed by atoms with Crippen molar-refractivity contribution in [1.82, 2.24) is 4.90 Å². The van der Waals surface area contributed by atoms with Crippen molar-refractivity contribution in [2.45, 2.75) is 52.0 Å². The van der Waals surface area contributed by atoms with E-state index >= 15 is 0 Å². The van der Waals surface area contributed by atoms with E-state index in [2.05, 4.69) is 6.92 Å². The van der Waals surface area contributed by atoms with Gasteiger partial charge in [0, 0.05) is 13.5 Å². The monoisotopic (exact) mass is 263 g/mol. The molecule has 1 rings (SSSR count). The number of phenolic OH excluding ortho intramolecular Hbond substituents is 1. The summed E-state index contributed by atoms with van der Waals surface area (Å²) in [6.45, 7) is 4.18. The predicted octanol–water partition coefficient (Wildman–Crippen LogP) is 3.88. The van der Waals surface area contributed by atoms with Crippen molar-refractivity contribution in [1.29, 1.82) is 0 Å². The summed E-state index contributed by atoms with van der Waals surface area (Å²) in [6.07, 6.45) is 5.11. The quantitative estimate of drug-likeness (QED) is 0.758. The van der Waals surface area contributed by atoms with Crippen molar-refractivity contribution < 1.29 is 9.90 Å². The Morgan fingerprint density at radius 3 is 2.42 bits per heavy atom. The van der Waals surface area contributed by atoms with Crippen LogP contribution in [0.3, 0.4) is 0 Å². The molecule has 0 radical (unpaired) electrons. The second kappa shape index (κ2) is 7.82. The first-order valence-electron chi connectivity index (χ1n) is 7.10. The van der Waals surface area contributed by atoms with Gasteiger partial charge in [0.1, 0.15) is 5.75 Å². The molecule has 0 saturated carbocycles. The molecule has 3 heteroatoms. The van der Waals surface area contributed by atoms with Gasteiger partial charge in [0.15, 0.2) is 0 Å². The second-order valence-electron chi connectivity index (χ2n) is 5.08. The van der Waals surface area contributed by atoms with E-state index in [1.54, 1.807) is 17.0 Å². The number of nitrogens with zero attached hydrogens (tertiary/aromatic N) is 1. The van der Waals surface area contributed by atoms with E-state index < -0.39 is 0 Å². The average Bonchev–Trinajstić information content (AvgIpc) is 2.42. The molecular weight excluding hydrogens is 238 g/mol. The van der Waals surface area contributed by atoms with Crippen LogP contribution in [0.25, 0.3) is 0 Å². The molecule has 0 bridgehead atoms. The highest BCUT2D eigenvalue weighted by atomic mass is 16.3. The van der Waals surface area contributed by atoms with Crippen LogP contribution in [0.2, 0.25) is 0 Å². The molecule has 19 heavy (non-hydrogen) atoms. The van der Waals surface area contributed by atoms with E-state index in [1.165, 1.54) is 12.8 Å². The summed E-state index contributed by atoms with van der Waals surface area (Å²) in [6, 6.07) is 7.08. The number of hydrogen-bond donors (Lipinski definition) is 1. The molecule has 0 aromatic heterocycles. The van der Waals surface area contributed by atoms with Crippen LogP contribution >= 0.6 is 0 Å². The van der Waals surface area contributed by atoms with Gasteiger partial charge in [-0.1, -0.05) is 38.3 Å². The SMILES string of the molecule is CCCCCCC(=O)N(C)C(C)c1ccc(O)cc1. The fourth-order valence-corrected chi connectivity index (χ4v) is 2.07. The van der Waals surface area contributed by atoms with Crippen LogP contribution in [-0.4, -0.2) is 23.0 Å². The summed E-state index contributed by atoms with van der Waals surface area (Å²) in [5.74, 6) is 0.446. The Balaban J connectivity index is 2.49. The van der Waals surface area contributed by atoms with Gasteiger partial charge in [-0.05, 0) is 31.0 Å². The number of carbonyl (C=O) groups is 1. The fraction of sp³-hybridized carbons (Fsp3) is 0.562. The van der Waals surface area contributed by atoms with Gasteiger partial charge < -0.3 is 10.0 Å². The third-order valence-electron chi connectivity index (χ3n) is 3.59. The lowest BCUT2D eigenvalue weighted by molar-refractivity contribution is -0.131. The predicted molar refractivity (Wildman–Crippen MR) is 78.1 cm³/mol. The highest BCUT2D eigenvalue weighted by Crippen LogP contribution is 2.22. The molecule has 1 N–H and O–H groups in total. The first kappa shape index (κ1) is 15.5. The number of amides is 1. The van der Waals surface area contributed by atoms with Crippen molar-refractivity contribution in [3.05, 3.63) is 29.8 Å². The van der Waals surface area contributed by atoms with Crippen LogP contribution in [0.1, 0.15) is 57.6 Å². The van der Waals surface area contributed by atoms with Crippen molar-refractivity contribution in [3.63, 3.8) is 0 Å². The number of rotatable bonds is 7. The molecule has 0 fully saturated rings. The van der Waals surface area contributed by atoms with Crippen LogP contribution in [0.5, 0.6) is 5.75 Å². The van der Waals surface area contributed by atoms with Gasteiger partial charge in [0.25, 0.3) is 0 Å². The molecule has 0 aliphatic rings. The highest BCUT2D eigenvalue weighted by molar-refractivity contribution is 5.76. The lowest BCUT2D eigenvalue weighted by Crippen LogP contribution is -2.29. The molecule has 0 heterocycles. The maximum Gasteiger partial charge on any atom is 0.222 e. The van der Waals surface area contributed by atoms with Crippen molar-refractivity contribution in [2.24, 2.45) is 0 Å². The first-order chi connectivity index (χ1) is 9.06. The van der Waals surface area contributed by atoms with Crippen molar-refractivity contribution >= 4 is 5.91 Å². The lowest BCUT2D eigenvalue weighted by atomic mass is 10.1. The van der Waals surface area contributed by atoms with Gasteiger partial charge in [0.05, 0.1) is 6.04 Å². The Bertz CT molecular complexity index is 386. The zero-order valence-corrected chi connectivity index (χ0v) is 12.2. The van der Waals surface area contributed by atoms with E-state index in [9.17, 15) is 9.90 Å². The molecule has 0 saturated heterocycles. The molecule has 1 atom stereocenters. The van der Waals surface area contributed by atoms with Gasteiger partial charge in [-0.2, -0.15) is 0 Å². The molecule has 106 valence electrons. The summed E-state index contributed by atoms with van der Waals surface area (Å²) in [4.78, 5) is 13.9. The molecule has 1 aromatic carbocycles. The minimum atomic E-state index is 0.0410. The van der Waals surface area contributed by atoms with E-state index in [4.69, 9.17) is 0 Å². The van der Waals surface area contributed by atoms with Gasteiger partial charge in [-0.15, -0.1) is 0 Å². The molecule has 1 aromatic rings. The Kier molecular flexibility index (Phi) is 6.40. The minimum Gasteiger partial charge on any atom is -0.508 e. The summed E-state index contributed by atoms with van der Waals surface area (Å²) in [7, 11) is 1.85. The number of benzene rings is 1. The minimum absolute atomic E-state index is 0.0410. The van der Waals surface area contributed by atoms with E-state index in [0.717, 1.165) is 18.4 Å².